The van der Waals surface area contributed by atoms with Gasteiger partial charge < -0.3 is 4.74 Å². The van der Waals surface area contributed by atoms with Crippen molar-refractivity contribution in [2.24, 2.45) is 0 Å². The van der Waals surface area contributed by atoms with Crippen molar-refractivity contribution >= 4 is 34.9 Å². The Morgan fingerprint density at radius 1 is 1.67 bits per heavy atom. The highest BCUT2D eigenvalue weighted by Crippen LogP contribution is 2.34. The van der Waals surface area contributed by atoms with E-state index in [1.165, 1.54) is 0 Å². The third kappa shape index (κ3) is 2.35. The summed E-state index contributed by atoms with van der Waals surface area (Å²) in [7, 11) is 0. The van der Waals surface area contributed by atoms with Gasteiger partial charge in [0.25, 0.3) is 0 Å². The zero-order valence-electron chi connectivity index (χ0n) is 7.70. The maximum Gasteiger partial charge on any atom is 0.441 e. The molecule has 1 rings (SSSR count). The van der Waals surface area contributed by atoms with E-state index in [9.17, 15) is 4.79 Å². The molecule has 0 aliphatic rings. The molecule has 0 unspecified atom stereocenters. The zero-order valence-corrected chi connectivity index (χ0v) is 9.21. The average molecular weight is 247 g/mol. The molecule has 1 aromatic heterocycles. The number of carbonyl (C=O) groups is 1. The van der Waals surface area contributed by atoms with Gasteiger partial charge in [0.05, 0.1) is 6.61 Å². The first kappa shape index (κ1) is 11.7. The quantitative estimate of drug-likeness (QED) is 0.457. The van der Waals surface area contributed by atoms with Crippen LogP contribution >= 0.6 is 23.2 Å². The molecular weight excluding hydrogens is 241 g/mol. The molecular formula is C8H6Cl2N3O2+. The van der Waals surface area contributed by atoms with Crippen molar-refractivity contribution in [3.8, 4) is 0 Å². The van der Waals surface area contributed by atoms with Crippen LogP contribution in [0.25, 0.3) is 4.98 Å². The number of carbonyl (C=O) groups excluding carboxylic acids is 1. The number of hydrogen-bond donors (Lipinski definition) is 0. The normalized spacial score (nSPS) is 9.47. The second kappa shape index (κ2) is 4.91. The number of ether oxygens (including phenoxy) is 1. The fourth-order valence-electron chi connectivity index (χ4n) is 0.893. The van der Waals surface area contributed by atoms with E-state index in [4.69, 9.17) is 33.3 Å². The van der Waals surface area contributed by atoms with Crippen LogP contribution in [0.5, 0.6) is 0 Å². The Labute approximate surface area is 95.6 Å². The van der Waals surface area contributed by atoms with Gasteiger partial charge in [-0.15, -0.1) is 0 Å². The van der Waals surface area contributed by atoms with Crippen molar-refractivity contribution in [1.29, 1.82) is 5.39 Å². The summed E-state index contributed by atoms with van der Waals surface area (Å²) in [5.74, 6) is -0.642. The van der Waals surface area contributed by atoms with Gasteiger partial charge in [0.15, 0.2) is 10.00 Å². The van der Waals surface area contributed by atoms with Crippen LogP contribution in [0.1, 0.15) is 17.3 Å². The summed E-state index contributed by atoms with van der Waals surface area (Å²) in [5.41, 5.74) is -0.139. The van der Waals surface area contributed by atoms with Crippen LogP contribution < -0.4 is 0 Å². The molecule has 0 aliphatic carbocycles. The Kier molecular flexibility index (Phi) is 3.83. The molecule has 0 radical (unpaired) electrons. The Balaban J connectivity index is 3.23. The maximum atomic E-state index is 11.3. The van der Waals surface area contributed by atoms with Crippen molar-refractivity contribution in [2.75, 3.05) is 6.61 Å². The van der Waals surface area contributed by atoms with E-state index >= 15 is 0 Å². The second-order valence-corrected chi connectivity index (χ2v) is 3.18. The maximum absolute atomic E-state index is 11.3. The Bertz CT molecular complexity index is 442. The van der Waals surface area contributed by atoms with Crippen LogP contribution in [-0.4, -0.2) is 17.6 Å². The molecule has 7 heteroatoms. The standard InChI is InChI=1S/C8H6Cl2N3O2/c1-2-15-8(14)4-3-12-7(10)6(13-11)5(4)9/h3H,2H2,1H3/q+1. The topological polar surface area (TPSA) is 67.3 Å². The molecule has 1 aromatic rings. The molecule has 1 heterocycles. The SMILES string of the molecule is CCOC(=O)c1cnc(Cl)c([N+]#N)c1Cl. The number of pyridine rings is 1. The van der Waals surface area contributed by atoms with Gasteiger partial charge >= 0.3 is 11.7 Å². The highest BCUT2D eigenvalue weighted by atomic mass is 35.5. The summed E-state index contributed by atoms with van der Waals surface area (Å²) in [5, 5.41) is 8.42. The predicted octanol–water partition coefficient (Wildman–Crippen LogP) is 3.05. The van der Waals surface area contributed by atoms with E-state index < -0.39 is 5.97 Å². The molecule has 0 fully saturated rings. The van der Waals surface area contributed by atoms with Gasteiger partial charge in [-0.3, -0.25) is 0 Å². The van der Waals surface area contributed by atoms with E-state index in [0.717, 1.165) is 6.20 Å². The highest BCUT2D eigenvalue weighted by molar-refractivity contribution is 6.40. The lowest BCUT2D eigenvalue weighted by atomic mass is 10.2. The molecule has 5 nitrogen and oxygen atoms in total. The molecule has 78 valence electrons. The van der Waals surface area contributed by atoms with Crippen LogP contribution in [0.4, 0.5) is 5.69 Å². The van der Waals surface area contributed by atoms with Gasteiger partial charge in [-0.1, -0.05) is 23.2 Å². The van der Waals surface area contributed by atoms with Crippen LogP contribution in [0.3, 0.4) is 0 Å². The Hall–Kier alpha value is -1.38. The van der Waals surface area contributed by atoms with Crippen molar-refractivity contribution < 1.29 is 9.53 Å². The zero-order chi connectivity index (χ0) is 11.4. The lowest BCUT2D eigenvalue weighted by molar-refractivity contribution is 0.0526. The Morgan fingerprint density at radius 2 is 2.33 bits per heavy atom. The second-order valence-electron chi connectivity index (χ2n) is 2.45. The number of hydrogen-bond acceptors (Lipinski definition) is 4. The number of nitrogens with zero attached hydrogens (tertiary/aromatic N) is 3. The minimum atomic E-state index is -0.642. The minimum Gasteiger partial charge on any atom is -0.462 e. The van der Waals surface area contributed by atoms with Crippen LogP contribution in [0.15, 0.2) is 6.20 Å². The molecule has 0 spiro atoms. The molecule has 0 amide bonds. The van der Waals surface area contributed by atoms with E-state index in [-0.39, 0.29) is 28.0 Å². The number of diazo groups is 1. The highest BCUT2D eigenvalue weighted by Gasteiger charge is 2.26. The number of halogens is 2. The number of aromatic nitrogens is 1. The summed E-state index contributed by atoms with van der Waals surface area (Å²) in [6, 6.07) is 0. The van der Waals surface area contributed by atoms with Crippen molar-refractivity contribution in [3.05, 3.63) is 26.9 Å². The molecule has 0 aliphatic heterocycles. The summed E-state index contributed by atoms with van der Waals surface area (Å²) in [6.45, 7) is 1.87. The summed E-state index contributed by atoms with van der Waals surface area (Å²) in [6.07, 6.45) is 1.16. The third-order valence-electron chi connectivity index (χ3n) is 1.54. The lowest BCUT2D eigenvalue weighted by Crippen LogP contribution is -2.06. The first-order valence-electron chi connectivity index (χ1n) is 3.98. The summed E-state index contributed by atoms with van der Waals surface area (Å²) in [4.78, 5) is 17.8. The lowest BCUT2D eigenvalue weighted by Gasteiger charge is -2.01. The van der Waals surface area contributed by atoms with Crippen molar-refractivity contribution in [2.45, 2.75) is 6.92 Å². The average Bonchev–Trinajstić information content (AvgIpc) is 2.18. The monoisotopic (exact) mass is 246 g/mol. The summed E-state index contributed by atoms with van der Waals surface area (Å²) >= 11 is 11.3. The van der Waals surface area contributed by atoms with Crippen molar-refractivity contribution in [3.63, 3.8) is 0 Å². The number of esters is 1. The molecule has 0 atom stereocenters. The van der Waals surface area contributed by atoms with E-state index in [2.05, 4.69) is 9.96 Å². The van der Waals surface area contributed by atoms with Gasteiger partial charge in [0, 0.05) is 6.20 Å². The van der Waals surface area contributed by atoms with Gasteiger partial charge in [-0.05, 0) is 6.92 Å². The fourth-order valence-corrected chi connectivity index (χ4v) is 1.38. The summed E-state index contributed by atoms with van der Waals surface area (Å²) < 4.78 is 4.72. The smallest absolute Gasteiger partial charge is 0.441 e. The Morgan fingerprint density at radius 3 is 2.87 bits per heavy atom. The fraction of sp³-hybridized carbons (Fsp3) is 0.250. The van der Waals surface area contributed by atoms with E-state index in [1.54, 1.807) is 6.92 Å². The van der Waals surface area contributed by atoms with Crippen LogP contribution in [0.2, 0.25) is 10.2 Å². The van der Waals surface area contributed by atoms with Crippen LogP contribution in [-0.2, 0) is 4.74 Å². The number of rotatable bonds is 2. The molecule has 15 heavy (non-hydrogen) atoms. The van der Waals surface area contributed by atoms with Gasteiger partial charge in [0.1, 0.15) is 5.56 Å². The first-order valence-corrected chi connectivity index (χ1v) is 4.73. The molecule has 0 bridgehead atoms. The first-order chi connectivity index (χ1) is 7.11. The van der Waals surface area contributed by atoms with E-state index in [0.29, 0.717) is 0 Å². The van der Waals surface area contributed by atoms with Gasteiger partial charge in [-0.25, -0.2) is 9.78 Å². The molecule has 0 saturated carbocycles. The van der Waals surface area contributed by atoms with Gasteiger partial charge in [0.2, 0.25) is 10.5 Å². The molecule has 0 aromatic carbocycles. The predicted molar refractivity (Wildman–Crippen MR) is 55.0 cm³/mol. The van der Waals surface area contributed by atoms with Gasteiger partial charge in [-0.2, -0.15) is 0 Å². The minimum absolute atomic E-state index is 0.00992. The van der Waals surface area contributed by atoms with Crippen molar-refractivity contribution in [1.82, 2.24) is 4.98 Å². The molecule has 0 saturated heterocycles. The third-order valence-corrected chi connectivity index (χ3v) is 2.20. The van der Waals surface area contributed by atoms with Crippen LogP contribution in [0, 0.1) is 5.39 Å². The van der Waals surface area contributed by atoms with E-state index in [1.807, 2.05) is 0 Å². The molecule has 0 N–H and O–H groups in total. The largest absolute Gasteiger partial charge is 0.462 e.